The Labute approximate surface area is 60.0 Å². The molecule has 0 bridgehead atoms. The summed E-state index contributed by atoms with van der Waals surface area (Å²) < 4.78 is 0. The Morgan fingerprint density at radius 1 is 1.50 bits per heavy atom. The van der Waals surface area contributed by atoms with Crippen LogP contribution in [0.25, 0.3) is 0 Å². The molecule has 0 amide bonds. The molecular weight excluding hydrogens is 128 g/mol. The van der Waals surface area contributed by atoms with E-state index in [9.17, 15) is 0 Å². The molecule has 0 saturated heterocycles. The fourth-order valence-corrected chi connectivity index (χ4v) is 0.706. The quantitative estimate of drug-likeness (QED) is 0.675. The third kappa shape index (κ3) is 2.13. The van der Waals surface area contributed by atoms with E-state index in [4.69, 9.17) is 0 Å². The normalized spacial score (nSPS) is 10.7. The number of aromatic amines is 1. The molecule has 1 N–H and O–H groups in total. The minimum Gasteiger partial charge on any atom is -0.177 e. The number of hydrogen-bond donors (Lipinski definition) is 1. The topological polar surface area (TPSA) is 54.5 Å². The fraction of sp³-hybridized carbons (Fsp3) is 0.833. The van der Waals surface area contributed by atoms with Gasteiger partial charge in [0.2, 0.25) is 0 Å². The van der Waals surface area contributed by atoms with Crippen LogP contribution < -0.4 is 0 Å². The van der Waals surface area contributed by atoms with Crippen LogP contribution in [0.5, 0.6) is 0 Å². The van der Waals surface area contributed by atoms with Crippen molar-refractivity contribution in [3.63, 3.8) is 0 Å². The molecule has 0 saturated carbocycles. The zero-order valence-corrected chi connectivity index (χ0v) is 6.33. The van der Waals surface area contributed by atoms with Crippen molar-refractivity contribution in [2.75, 3.05) is 0 Å². The van der Waals surface area contributed by atoms with Crippen molar-refractivity contribution in [2.45, 2.75) is 26.7 Å². The monoisotopic (exact) mass is 140 g/mol. The van der Waals surface area contributed by atoms with E-state index in [2.05, 4.69) is 34.5 Å². The molecule has 4 heteroatoms. The molecular formula is C6H12N4. The molecule has 1 rings (SSSR count). The van der Waals surface area contributed by atoms with Gasteiger partial charge in [-0.25, -0.2) is 0 Å². The molecule has 1 heterocycles. The highest BCUT2D eigenvalue weighted by molar-refractivity contribution is 4.75. The summed E-state index contributed by atoms with van der Waals surface area (Å²) in [6.45, 7) is 4.36. The van der Waals surface area contributed by atoms with E-state index in [-0.39, 0.29) is 0 Å². The maximum atomic E-state index is 3.84. The summed E-state index contributed by atoms with van der Waals surface area (Å²) in [6, 6.07) is 0. The lowest BCUT2D eigenvalue weighted by Gasteiger charge is -1.98. The van der Waals surface area contributed by atoms with Crippen molar-refractivity contribution < 1.29 is 0 Å². The van der Waals surface area contributed by atoms with Crippen molar-refractivity contribution >= 4 is 0 Å². The Kier molecular flexibility index (Phi) is 2.36. The minimum atomic E-state index is 0.707. The third-order valence-corrected chi connectivity index (χ3v) is 1.33. The first-order chi connectivity index (χ1) is 4.79. The van der Waals surface area contributed by atoms with Crippen LogP contribution in [0.3, 0.4) is 0 Å². The largest absolute Gasteiger partial charge is 0.177 e. The summed E-state index contributed by atoms with van der Waals surface area (Å²) in [7, 11) is 0. The molecule has 0 aliphatic heterocycles. The zero-order chi connectivity index (χ0) is 7.40. The lowest BCUT2D eigenvalue weighted by atomic mass is 10.1. The van der Waals surface area contributed by atoms with E-state index in [0.29, 0.717) is 5.92 Å². The number of nitrogens with zero attached hydrogens (tertiary/aromatic N) is 3. The predicted octanol–water partition coefficient (Wildman–Crippen LogP) is 0.788. The average molecular weight is 140 g/mol. The van der Waals surface area contributed by atoms with Gasteiger partial charge >= 0.3 is 0 Å². The van der Waals surface area contributed by atoms with Crippen LogP contribution in [0.2, 0.25) is 0 Å². The first kappa shape index (κ1) is 7.18. The van der Waals surface area contributed by atoms with Crippen LogP contribution in [0.15, 0.2) is 0 Å². The van der Waals surface area contributed by atoms with Crippen LogP contribution in [0.1, 0.15) is 26.1 Å². The van der Waals surface area contributed by atoms with Gasteiger partial charge in [-0.05, 0) is 12.3 Å². The third-order valence-electron chi connectivity index (χ3n) is 1.33. The molecule has 0 unspecified atom stereocenters. The molecule has 10 heavy (non-hydrogen) atoms. The fourth-order valence-electron chi connectivity index (χ4n) is 0.706. The van der Waals surface area contributed by atoms with Gasteiger partial charge in [0.05, 0.1) is 0 Å². The van der Waals surface area contributed by atoms with Gasteiger partial charge in [-0.15, -0.1) is 10.2 Å². The lowest BCUT2D eigenvalue weighted by Crippen LogP contribution is -1.93. The lowest BCUT2D eigenvalue weighted by molar-refractivity contribution is 0.575. The standard InChI is InChI=1S/C6H12N4/c1-5(2)3-4-6-7-9-10-8-6/h5H,3-4H2,1-2H3,(H,7,8,9,10). The Bertz CT molecular complexity index is 168. The van der Waals surface area contributed by atoms with E-state index >= 15 is 0 Å². The van der Waals surface area contributed by atoms with Crippen molar-refractivity contribution in [3.8, 4) is 0 Å². The molecule has 0 aliphatic carbocycles. The summed E-state index contributed by atoms with van der Waals surface area (Å²) in [6.07, 6.45) is 2.05. The van der Waals surface area contributed by atoms with Crippen molar-refractivity contribution in [1.29, 1.82) is 0 Å². The predicted molar refractivity (Wildman–Crippen MR) is 37.3 cm³/mol. The second-order valence-corrected chi connectivity index (χ2v) is 2.76. The van der Waals surface area contributed by atoms with Gasteiger partial charge in [-0.3, -0.25) is 0 Å². The number of nitrogens with one attached hydrogen (secondary N) is 1. The highest BCUT2D eigenvalue weighted by Crippen LogP contribution is 2.02. The minimum absolute atomic E-state index is 0.707. The van der Waals surface area contributed by atoms with E-state index in [1.54, 1.807) is 0 Å². The highest BCUT2D eigenvalue weighted by atomic mass is 15.5. The molecule has 0 radical (unpaired) electrons. The van der Waals surface area contributed by atoms with Gasteiger partial charge in [-0.1, -0.05) is 19.1 Å². The number of hydrogen-bond acceptors (Lipinski definition) is 3. The summed E-state index contributed by atoms with van der Waals surface area (Å²) in [4.78, 5) is 0. The van der Waals surface area contributed by atoms with Crippen molar-refractivity contribution in [1.82, 2.24) is 20.6 Å². The molecule has 0 aliphatic rings. The summed E-state index contributed by atoms with van der Waals surface area (Å²) in [5.41, 5.74) is 0. The molecule has 0 atom stereocenters. The van der Waals surface area contributed by atoms with Gasteiger partial charge < -0.3 is 0 Å². The first-order valence-corrected chi connectivity index (χ1v) is 3.51. The second kappa shape index (κ2) is 3.29. The van der Waals surface area contributed by atoms with Crippen LogP contribution in [-0.4, -0.2) is 20.6 Å². The van der Waals surface area contributed by atoms with Gasteiger partial charge in [0.15, 0.2) is 5.82 Å². The van der Waals surface area contributed by atoms with Crippen LogP contribution >= 0.6 is 0 Å². The van der Waals surface area contributed by atoms with Gasteiger partial charge in [-0.2, -0.15) is 5.21 Å². The number of tetrazole rings is 1. The highest BCUT2D eigenvalue weighted by Gasteiger charge is 1.99. The van der Waals surface area contributed by atoms with Crippen LogP contribution in [0.4, 0.5) is 0 Å². The van der Waals surface area contributed by atoms with Crippen LogP contribution in [0, 0.1) is 5.92 Å². The molecule has 0 fully saturated rings. The number of rotatable bonds is 3. The van der Waals surface area contributed by atoms with E-state index in [1.165, 1.54) is 0 Å². The van der Waals surface area contributed by atoms with Crippen LogP contribution in [-0.2, 0) is 6.42 Å². The maximum Gasteiger partial charge on any atom is 0.174 e. The summed E-state index contributed by atoms with van der Waals surface area (Å²) in [5, 5.41) is 13.6. The van der Waals surface area contributed by atoms with E-state index in [0.717, 1.165) is 18.7 Å². The second-order valence-electron chi connectivity index (χ2n) is 2.76. The number of H-pyrrole nitrogens is 1. The Morgan fingerprint density at radius 3 is 2.80 bits per heavy atom. The number of aryl methyl sites for hydroxylation is 1. The molecule has 0 spiro atoms. The molecule has 1 aromatic heterocycles. The number of aromatic nitrogens is 4. The molecule has 0 aromatic carbocycles. The Balaban J connectivity index is 2.28. The molecule has 4 nitrogen and oxygen atoms in total. The summed E-state index contributed by atoms with van der Waals surface area (Å²) >= 11 is 0. The molecule has 56 valence electrons. The SMILES string of the molecule is CC(C)CCc1nn[nH]n1. The molecule has 1 aromatic rings. The Morgan fingerprint density at radius 2 is 2.30 bits per heavy atom. The van der Waals surface area contributed by atoms with E-state index in [1.807, 2.05) is 0 Å². The zero-order valence-electron chi connectivity index (χ0n) is 6.33. The smallest absolute Gasteiger partial charge is 0.174 e. The van der Waals surface area contributed by atoms with Gasteiger partial charge in [0.25, 0.3) is 0 Å². The van der Waals surface area contributed by atoms with Gasteiger partial charge in [0, 0.05) is 6.42 Å². The van der Waals surface area contributed by atoms with Gasteiger partial charge in [0.1, 0.15) is 0 Å². The van der Waals surface area contributed by atoms with Crippen molar-refractivity contribution in [2.24, 2.45) is 5.92 Å². The first-order valence-electron chi connectivity index (χ1n) is 3.51. The maximum absolute atomic E-state index is 3.84. The Hall–Kier alpha value is -0.930. The van der Waals surface area contributed by atoms with E-state index < -0.39 is 0 Å². The average Bonchev–Trinajstić information content (AvgIpc) is 2.34. The summed E-state index contributed by atoms with van der Waals surface area (Å²) in [5.74, 6) is 1.52. The van der Waals surface area contributed by atoms with Crippen molar-refractivity contribution in [3.05, 3.63) is 5.82 Å².